The van der Waals surface area contributed by atoms with E-state index >= 15 is 0 Å². The van der Waals surface area contributed by atoms with E-state index in [9.17, 15) is 4.79 Å². The van der Waals surface area contributed by atoms with Gasteiger partial charge in [0.15, 0.2) is 5.78 Å². The van der Waals surface area contributed by atoms with E-state index in [1.807, 2.05) is 48.7 Å². The first-order valence-electron chi connectivity index (χ1n) is 6.30. The first kappa shape index (κ1) is 10.4. The molecule has 0 saturated carbocycles. The van der Waals surface area contributed by atoms with Gasteiger partial charge in [0.2, 0.25) is 0 Å². The molecule has 3 nitrogen and oxygen atoms in total. The topological polar surface area (TPSA) is 36.1 Å². The van der Waals surface area contributed by atoms with Crippen molar-refractivity contribution in [2.24, 2.45) is 0 Å². The lowest BCUT2D eigenvalue weighted by atomic mass is 10.1. The third kappa shape index (κ3) is 1.41. The van der Waals surface area contributed by atoms with E-state index in [0.29, 0.717) is 6.54 Å². The summed E-state index contributed by atoms with van der Waals surface area (Å²) in [6.07, 6.45) is 1.97. The quantitative estimate of drug-likeness (QED) is 0.715. The third-order valence-corrected chi connectivity index (χ3v) is 3.66. The van der Waals surface area contributed by atoms with Crippen molar-refractivity contribution >= 4 is 28.1 Å². The highest BCUT2D eigenvalue weighted by Crippen LogP contribution is 2.37. The molecule has 2 heterocycles. The third-order valence-electron chi connectivity index (χ3n) is 3.66. The van der Waals surface area contributed by atoms with Gasteiger partial charge in [0, 0.05) is 22.7 Å². The van der Waals surface area contributed by atoms with Crippen molar-refractivity contribution in [2.45, 2.75) is 0 Å². The minimum atomic E-state index is 0.181. The summed E-state index contributed by atoms with van der Waals surface area (Å²) in [4.78, 5) is 17.4. The molecule has 1 N–H and O–H groups in total. The molecule has 0 unspecified atom stereocenters. The van der Waals surface area contributed by atoms with Crippen LogP contribution in [0, 0.1) is 0 Å². The van der Waals surface area contributed by atoms with Crippen LogP contribution in [0.1, 0.15) is 10.4 Å². The van der Waals surface area contributed by atoms with E-state index in [-0.39, 0.29) is 5.78 Å². The van der Waals surface area contributed by atoms with Gasteiger partial charge in [-0.3, -0.25) is 4.79 Å². The molecule has 92 valence electrons. The Balaban J connectivity index is 1.93. The Labute approximate surface area is 110 Å². The monoisotopic (exact) mass is 248 g/mol. The second kappa shape index (κ2) is 3.72. The number of para-hydroxylation sites is 2. The van der Waals surface area contributed by atoms with Crippen LogP contribution >= 0.6 is 0 Å². The number of H-pyrrole nitrogens is 1. The molecular formula is C16H12N2O. The molecule has 19 heavy (non-hydrogen) atoms. The number of aromatic nitrogens is 1. The lowest BCUT2D eigenvalue weighted by Crippen LogP contribution is -2.15. The highest BCUT2D eigenvalue weighted by Gasteiger charge is 2.28. The van der Waals surface area contributed by atoms with Crippen molar-refractivity contribution in [3.63, 3.8) is 0 Å². The number of aromatic amines is 1. The Hall–Kier alpha value is -2.55. The molecule has 4 rings (SSSR count). The average molecular weight is 248 g/mol. The maximum absolute atomic E-state index is 12.1. The summed E-state index contributed by atoms with van der Waals surface area (Å²) in [5, 5.41) is 1.15. The fourth-order valence-corrected chi connectivity index (χ4v) is 2.75. The predicted octanol–water partition coefficient (Wildman–Crippen LogP) is 3.50. The average Bonchev–Trinajstić information content (AvgIpc) is 3.01. The first-order valence-corrected chi connectivity index (χ1v) is 6.30. The van der Waals surface area contributed by atoms with Crippen LogP contribution in [-0.4, -0.2) is 17.3 Å². The Bertz CT molecular complexity index is 788. The summed E-state index contributed by atoms with van der Waals surface area (Å²) in [7, 11) is 0. The molecule has 0 radical (unpaired) electrons. The fraction of sp³-hybridized carbons (Fsp3) is 0.0625. The van der Waals surface area contributed by atoms with E-state index in [1.165, 1.54) is 0 Å². The van der Waals surface area contributed by atoms with Gasteiger partial charge in [-0.05, 0) is 18.2 Å². The van der Waals surface area contributed by atoms with Crippen molar-refractivity contribution < 1.29 is 4.79 Å². The minimum Gasteiger partial charge on any atom is -0.359 e. The molecule has 3 aromatic rings. The molecule has 0 aliphatic carbocycles. The molecule has 2 aromatic carbocycles. The molecule has 0 spiro atoms. The van der Waals surface area contributed by atoms with Gasteiger partial charge in [0.1, 0.15) is 0 Å². The van der Waals surface area contributed by atoms with E-state index in [1.54, 1.807) is 0 Å². The maximum Gasteiger partial charge on any atom is 0.184 e. The lowest BCUT2D eigenvalue weighted by molar-refractivity contribution is 0.101. The summed E-state index contributed by atoms with van der Waals surface area (Å²) in [5.74, 6) is 0.181. The molecule has 1 aliphatic heterocycles. The number of rotatable bonds is 1. The van der Waals surface area contributed by atoms with Gasteiger partial charge >= 0.3 is 0 Å². The number of nitrogens with one attached hydrogen (secondary N) is 1. The molecule has 3 heteroatoms. The predicted molar refractivity (Wildman–Crippen MR) is 76.1 cm³/mol. The number of hydrogen-bond donors (Lipinski definition) is 1. The Morgan fingerprint density at radius 3 is 2.68 bits per heavy atom. The van der Waals surface area contributed by atoms with Crippen LogP contribution in [0.4, 0.5) is 11.4 Å². The normalized spacial score (nSPS) is 14.1. The Morgan fingerprint density at radius 2 is 1.74 bits per heavy atom. The van der Waals surface area contributed by atoms with Crippen LogP contribution in [0.2, 0.25) is 0 Å². The second-order valence-electron chi connectivity index (χ2n) is 4.75. The molecule has 0 fully saturated rings. The maximum atomic E-state index is 12.1. The van der Waals surface area contributed by atoms with Gasteiger partial charge < -0.3 is 9.88 Å². The molecule has 0 amide bonds. The Morgan fingerprint density at radius 1 is 0.947 bits per heavy atom. The summed E-state index contributed by atoms with van der Waals surface area (Å²) in [6.45, 7) is 0.418. The lowest BCUT2D eigenvalue weighted by Gasteiger charge is -2.17. The first-order chi connectivity index (χ1) is 9.34. The number of carbonyl (C=O) groups excluding carboxylic acids is 1. The summed E-state index contributed by atoms with van der Waals surface area (Å²) in [6, 6.07) is 15.9. The summed E-state index contributed by atoms with van der Waals surface area (Å²) in [5.41, 5.74) is 3.97. The molecule has 0 bridgehead atoms. The second-order valence-corrected chi connectivity index (χ2v) is 4.75. The SMILES string of the molecule is O=C1CN(c2c[nH]c3ccccc23)c2ccccc21. The summed E-state index contributed by atoms with van der Waals surface area (Å²) < 4.78 is 0. The largest absolute Gasteiger partial charge is 0.359 e. The van der Waals surface area contributed by atoms with Gasteiger partial charge in [-0.2, -0.15) is 0 Å². The highest BCUT2D eigenvalue weighted by atomic mass is 16.1. The van der Waals surface area contributed by atoms with Crippen molar-refractivity contribution in [3.05, 3.63) is 60.3 Å². The van der Waals surface area contributed by atoms with Crippen molar-refractivity contribution in [1.29, 1.82) is 0 Å². The number of fused-ring (bicyclic) bond motifs is 2. The van der Waals surface area contributed by atoms with E-state index in [4.69, 9.17) is 0 Å². The van der Waals surface area contributed by atoms with E-state index < -0.39 is 0 Å². The van der Waals surface area contributed by atoms with Crippen LogP contribution in [0.3, 0.4) is 0 Å². The highest BCUT2D eigenvalue weighted by molar-refractivity contribution is 6.12. The molecule has 0 saturated heterocycles. The number of Topliss-reactive ketones (excluding diaryl/α,β-unsaturated/α-hetero) is 1. The van der Waals surface area contributed by atoms with Crippen LogP contribution in [0.15, 0.2) is 54.7 Å². The zero-order chi connectivity index (χ0) is 12.8. The Kier molecular flexibility index (Phi) is 2.03. The van der Waals surface area contributed by atoms with Gasteiger partial charge in [0.05, 0.1) is 17.9 Å². The molecular weight excluding hydrogens is 236 g/mol. The van der Waals surface area contributed by atoms with Gasteiger partial charge in [-0.15, -0.1) is 0 Å². The van der Waals surface area contributed by atoms with Crippen molar-refractivity contribution in [3.8, 4) is 0 Å². The van der Waals surface area contributed by atoms with Crippen molar-refractivity contribution in [2.75, 3.05) is 11.4 Å². The number of hydrogen-bond acceptors (Lipinski definition) is 2. The zero-order valence-corrected chi connectivity index (χ0v) is 10.3. The van der Waals surface area contributed by atoms with Crippen LogP contribution in [-0.2, 0) is 0 Å². The number of benzene rings is 2. The number of ketones is 1. The van der Waals surface area contributed by atoms with Crippen LogP contribution < -0.4 is 4.90 Å². The zero-order valence-electron chi connectivity index (χ0n) is 10.3. The smallest absolute Gasteiger partial charge is 0.184 e. The molecule has 1 aromatic heterocycles. The molecule has 1 aliphatic rings. The standard InChI is InChI=1S/C16H12N2O/c19-16-10-18(14-8-4-2-6-12(14)16)15-9-17-13-7-3-1-5-11(13)15/h1-9,17H,10H2. The summed E-state index contributed by atoms with van der Waals surface area (Å²) >= 11 is 0. The van der Waals surface area contributed by atoms with E-state index in [2.05, 4.69) is 16.0 Å². The van der Waals surface area contributed by atoms with Crippen LogP contribution in [0.25, 0.3) is 10.9 Å². The number of anilines is 2. The number of carbonyl (C=O) groups is 1. The number of nitrogens with zero attached hydrogens (tertiary/aromatic N) is 1. The molecule has 0 atom stereocenters. The fourth-order valence-electron chi connectivity index (χ4n) is 2.75. The van der Waals surface area contributed by atoms with Crippen LogP contribution in [0.5, 0.6) is 0 Å². The van der Waals surface area contributed by atoms with Gasteiger partial charge in [-0.1, -0.05) is 30.3 Å². The van der Waals surface area contributed by atoms with E-state index in [0.717, 1.165) is 27.8 Å². The van der Waals surface area contributed by atoms with Gasteiger partial charge in [-0.25, -0.2) is 0 Å². The van der Waals surface area contributed by atoms with Crippen molar-refractivity contribution in [1.82, 2.24) is 4.98 Å². The minimum absolute atomic E-state index is 0.181. The van der Waals surface area contributed by atoms with Gasteiger partial charge in [0.25, 0.3) is 0 Å².